The van der Waals surface area contributed by atoms with E-state index in [2.05, 4.69) is 10.1 Å². The zero-order chi connectivity index (χ0) is 14.0. The van der Waals surface area contributed by atoms with E-state index in [1.54, 1.807) is 6.26 Å². The van der Waals surface area contributed by atoms with E-state index in [9.17, 15) is 15.5 Å². The number of aliphatic hydroxyl groups excluding tert-OH is 1. The fourth-order valence-electron chi connectivity index (χ4n) is 1.40. The summed E-state index contributed by atoms with van der Waals surface area (Å²) in [7, 11) is 0. The van der Waals surface area contributed by atoms with Gasteiger partial charge in [0.1, 0.15) is 0 Å². The SMILES string of the molecule is CSc1nc(N)n(C(O)=C2C=CC(=[N+]([O-])[O-])C=C2)n1. The first-order chi connectivity index (χ1) is 9.02. The van der Waals surface area contributed by atoms with Crippen LogP contribution in [0.15, 0.2) is 35.0 Å². The van der Waals surface area contributed by atoms with Gasteiger partial charge in [-0.25, -0.2) is 0 Å². The van der Waals surface area contributed by atoms with Gasteiger partial charge in [0.05, 0.1) is 0 Å². The molecule has 1 aromatic heterocycles. The van der Waals surface area contributed by atoms with Gasteiger partial charge in [-0.2, -0.15) is 14.6 Å². The Balaban J connectivity index is 2.39. The van der Waals surface area contributed by atoms with Crippen LogP contribution in [0.2, 0.25) is 0 Å². The maximum atomic E-state index is 10.5. The van der Waals surface area contributed by atoms with Crippen molar-refractivity contribution in [3.05, 3.63) is 40.3 Å². The lowest BCUT2D eigenvalue weighted by Crippen LogP contribution is -2.09. The van der Waals surface area contributed by atoms with Gasteiger partial charge >= 0.3 is 0 Å². The Morgan fingerprint density at radius 1 is 1.37 bits per heavy atom. The molecule has 19 heavy (non-hydrogen) atoms. The normalized spacial score (nSPS) is 13.9. The minimum absolute atomic E-state index is 0.0419. The summed E-state index contributed by atoms with van der Waals surface area (Å²) < 4.78 is 1.08. The molecule has 1 aliphatic rings. The number of nitrogen functional groups attached to an aromatic ring is 1. The highest BCUT2D eigenvalue weighted by atomic mass is 32.2. The van der Waals surface area contributed by atoms with Crippen LogP contribution in [-0.2, 0) is 0 Å². The van der Waals surface area contributed by atoms with Crippen LogP contribution < -0.4 is 5.73 Å². The molecule has 2 rings (SSSR count). The Morgan fingerprint density at radius 3 is 2.47 bits per heavy atom. The number of nitrogens with zero attached hydrogens (tertiary/aromatic N) is 4. The van der Waals surface area contributed by atoms with Gasteiger partial charge in [0.2, 0.25) is 22.7 Å². The molecule has 0 amide bonds. The van der Waals surface area contributed by atoms with Gasteiger partial charge in [-0.05, 0) is 18.4 Å². The van der Waals surface area contributed by atoms with E-state index in [0.717, 1.165) is 4.68 Å². The molecule has 8 nitrogen and oxygen atoms in total. The van der Waals surface area contributed by atoms with E-state index in [-0.39, 0.29) is 17.5 Å². The molecule has 0 aliphatic heterocycles. The van der Waals surface area contributed by atoms with Crippen molar-refractivity contribution in [2.75, 3.05) is 12.0 Å². The second-order valence-corrected chi connectivity index (χ2v) is 4.27. The third-order valence-electron chi connectivity index (χ3n) is 2.33. The lowest BCUT2D eigenvalue weighted by molar-refractivity contribution is -0.377. The smallest absolute Gasteiger partial charge is 0.227 e. The summed E-state index contributed by atoms with van der Waals surface area (Å²) in [4.78, 5) is 3.41. The number of hydrogen-bond acceptors (Lipinski definition) is 7. The van der Waals surface area contributed by atoms with Gasteiger partial charge < -0.3 is 21.3 Å². The van der Waals surface area contributed by atoms with Crippen molar-refractivity contribution in [3.8, 4) is 0 Å². The molecule has 100 valence electrons. The standard InChI is InChI=1S/C10H10N5O3S/c1-19-10-12-9(11)14(13-10)8(16)6-2-4-7(5-3-6)15(17)18/h2-5H,1H3,(H3-,11,12,13,16,17,18)/q-1. The molecule has 0 bridgehead atoms. The lowest BCUT2D eigenvalue weighted by Gasteiger charge is -2.09. The minimum Gasteiger partial charge on any atom is -0.612 e. The Bertz CT molecular complexity index is 607. The highest BCUT2D eigenvalue weighted by Gasteiger charge is 2.14. The molecule has 0 radical (unpaired) electrons. The van der Waals surface area contributed by atoms with Gasteiger partial charge in [0, 0.05) is 17.7 Å². The zero-order valence-electron chi connectivity index (χ0n) is 9.85. The number of thioether (sulfide) groups is 1. The van der Waals surface area contributed by atoms with Crippen molar-refractivity contribution < 1.29 is 10.0 Å². The molecule has 0 unspecified atom stereocenters. The van der Waals surface area contributed by atoms with Gasteiger partial charge in [0.15, 0.2) is 0 Å². The van der Waals surface area contributed by atoms with Gasteiger partial charge in [-0.15, -0.1) is 5.10 Å². The molecular formula is C10H10N5O3S-. The number of aromatic nitrogens is 3. The summed E-state index contributed by atoms with van der Waals surface area (Å²) >= 11 is 1.29. The highest BCUT2D eigenvalue weighted by Crippen LogP contribution is 2.19. The molecule has 1 heterocycles. The predicted octanol–water partition coefficient (Wildman–Crippen LogP) is 0.884. The van der Waals surface area contributed by atoms with Crippen molar-refractivity contribution in [3.63, 3.8) is 0 Å². The third-order valence-corrected chi connectivity index (χ3v) is 2.87. The van der Waals surface area contributed by atoms with Crippen LogP contribution >= 0.6 is 11.8 Å². The fourth-order valence-corrected chi connectivity index (χ4v) is 1.75. The van der Waals surface area contributed by atoms with Gasteiger partial charge in [-0.1, -0.05) is 11.8 Å². The summed E-state index contributed by atoms with van der Waals surface area (Å²) in [6.45, 7) is 0. The Kier molecular flexibility index (Phi) is 3.47. The van der Waals surface area contributed by atoms with Crippen LogP contribution in [0.3, 0.4) is 0 Å². The zero-order valence-corrected chi connectivity index (χ0v) is 10.7. The molecule has 0 aromatic carbocycles. The van der Waals surface area contributed by atoms with Crippen LogP contribution in [0, 0.1) is 10.4 Å². The highest BCUT2D eigenvalue weighted by molar-refractivity contribution is 7.98. The number of nitrogens with two attached hydrogens (primary N) is 1. The monoisotopic (exact) mass is 280 g/mol. The average molecular weight is 280 g/mol. The predicted molar refractivity (Wildman–Crippen MR) is 72.3 cm³/mol. The quantitative estimate of drug-likeness (QED) is 0.356. The number of aliphatic hydroxyl groups is 1. The molecule has 1 aliphatic carbocycles. The van der Waals surface area contributed by atoms with E-state index >= 15 is 0 Å². The van der Waals surface area contributed by atoms with Gasteiger partial charge in [0.25, 0.3) is 0 Å². The molecule has 0 fully saturated rings. The first kappa shape index (κ1) is 13.0. The average Bonchev–Trinajstić information content (AvgIpc) is 2.79. The molecule has 1 aromatic rings. The summed E-state index contributed by atoms with van der Waals surface area (Å²) in [5.74, 6) is -0.194. The molecule has 3 N–H and O–H groups in total. The molecule has 0 spiro atoms. The van der Waals surface area contributed by atoms with E-state index < -0.39 is 4.90 Å². The fraction of sp³-hybridized carbons (Fsp3) is 0.100. The van der Waals surface area contributed by atoms with Crippen molar-refractivity contribution in [1.82, 2.24) is 14.8 Å². The van der Waals surface area contributed by atoms with Crippen LogP contribution in [0.4, 0.5) is 5.95 Å². The Morgan fingerprint density at radius 2 is 2.00 bits per heavy atom. The van der Waals surface area contributed by atoms with Crippen molar-refractivity contribution in [1.29, 1.82) is 0 Å². The number of rotatable bonds is 2. The minimum atomic E-state index is -0.517. The van der Waals surface area contributed by atoms with E-state index in [1.165, 1.54) is 36.1 Å². The summed E-state index contributed by atoms with van der Waals surface area (Å²) in [5.41, 5.74) is 5.91. The molecule has 0 atom stereocenters. The van der Waals surface area contributed by atoms with Gasteiger partial charge in [-0.3, -0.25) is 0 Å². The third kappa shape index (κ3) is 2.55. The summed E-state index contributed by atoms with van der Waals surface area (Å²) in [5, 5.41) is 35.5. The lowest BCUT2D eigenvalue weighted by atomic mass is 10.1. The first-order valence-electron chi connectivity index (χ1n) is 5.10. The summed E-state index contributed by atoms with van der Waals surface area (Å²) in [6, 6.07) is 0. The maximum absolute atomic E-state index is 10.5. The summed E-state index contributed by atoms with van der Waals surface area (Å²) in [6.07, 6.45) is 7.17. The number of anilines is 1. The molecular weight excluding hydrogens is 270 g/mol. The van der Waals surface area contributed by atoms with Crippen LogP contribution in [0.5, 0.6) is 0 Å². The Labute approximate surface area is 112 Å². The molecule has 0 saturated carbocycles. The van der Waals surface area contributed by atoms with Crippen molar-refractivity contribution in [2.24, 2.45) is 0 Å². The van der Waals surface area contributed by atoms with E-state index in [4.69, 9.17) is 5.73 Å². The number of allylic oxidation sites excluding steroid dienone is 5. The second kappa shape index (κ2) is 5.06. The second-order valence-electron chi connectivity index (χ2n) is 3.50. The van der Waals surface area contributed by atoms with Crippen LogP contribution in [0.1, 0.15) is 0 Å². The molecule has 9 heteroatoms. The maximum Gasteiger partial charge on any atom is 0.227 e. The Hall–Kier alpha value is -2.42. The van der Waals surface area contributed by atoms with E-state index in [1.807, 2.05) is 0 Å². The topological polar surface area (TPSA) is 126 Å². The first-order valence-corrected chi connectivity index (χ1v) is 6.33. The van der Waals surface area contributed by atoms with Crippen molar-refractivity contribution >= 4 is 29.3 Å². The number of hydrogen-bond donors (Lipinski definition) is 2. The van der Waals surface area contributed by atoms with E-state index in [0.29, 0.717) is 10.7 Å². The molecule has 0 saturated heterocycles. The van der Waals surface area contributed by atoms with Crippen molar-refractivity contribution in [2.45, 2.75) is 5.16 Å². The van der Waals surface area contributed by atoms with Crippen LogP contribution in [-0.4, -0.2) is 36.7 Å². The van der Waals surface area contributed by atoms with Crippen LogP contribution in [0.25, 0.3) is 5.88 Å². The largest absolute Gasteiger partial charge is 0.612 e.